The smallest absolute Gasteiger partial charge is 0.341 e. The molecule has 0 heterocycles. The molecule has 0 spiro atoms. The van der Waals surface area contributed by atoms with Crippen LogP contribution in [0.25, 0.3) is 0 Å². The van der Waals surface area contributed by atoms with Crippen LogP contribution >= 0.6 is 0 Å². The summed E-state index contributed by atoms with van der Waals surface area (Å²) in [7, 11) is 0. The highest BCUT2D eigenvalue weighted by Crippen LogP contribution is 2.30. The Labute approximate surface area is 84.1 Å². The van der Waals surface area contributed by atoms with E-state index in [9.17, 15) is 31.1 Å². The van der Waals surface area contributed by atoms with Crippen LogP contribution in [-0.4, -0.2) is 11.1 Å². The lowest BCUT2D eigenvalue weighted by atomic mass is 10.1. The standard InChI is InChI=1S/C8H2F6O2/c9-3-1(7(13)14)4(10)6(12)2(5(3)11)8(15)16/h7H,(H,15,16). The molecule has 2 nitrogen and oxygen atoms in total. The summed E-state index contributed by atoms with van der Waals surface area (Å²) in [5.74, 6) is -11.8. The molecule has 0 saturated heterocycles. The summed E-state index contributed by atoms with van der Waals surface area (Å²) in [6.07, 6.45) is -3.80. The molecule has 1 aromatic rings. The molecule has 0 amide bonds. The average Bonchev–Trinajstić information content (AvgIpc) is 2.14. The largest absolute Gasteiger partial charge is 0.477 e. The zero-order valence-corrected chi connectivity index (χ0v) is 7.20. The first-order valence-corrected chi connectivity index (χ1v) is 3.66. The van der Waals surface area contributed by atoms with Gasteiger partial charge in [0, 0.05) is 0 Å². The normalized spacial score (nSPS) is 10.9. The van der Waals surface area contributed by atoms with E-state index >= 15 is 0 Å². The van der Waals surface area contributed by atoms with Gasteiger partial charge in [-0.2, -0.15) is 0 Å². The fourth-order valence-electron chi connectivity index (χ4n) is 1.03. The van der Waals surface area contributed by atoms with E-state index in [4.69, 9.17) is 5.11 Å². The molecular formula is C8H2F6O2. The number of hydrogen-bond acceptors (Lipinski definition) is 1. The van der Waals surface area contributed by atoms with E-state index in [2.05, 4.69) is 0 Å². The SMILES string of the molecule is O=C(O)c1c(F)c(F)c(C(F)F)c(F)c1F. The van der Waals surface area contributed by atoms with Gasteiger partial charge in [0.05, 0.1) is 5.56 Å². The summed E-state index contributed by atoms with van der Waals surface area (Å²) in [5.41, 5.74) is -4.07. The average molecular weight is 244 g/mol. The Morgan fingerprint density at radius 1 is 0.938 bits per heavy atom. The predicted molar refractivity (Wildman–Crippen MR) is 38.2 cm³/mol. The maximum atomic E-state index is 12.8. The van der Waals surface area contributed by atoms with Crippen molar-refractivity contribution in [3.05, 3.63) is 34.4 Å². The van der Waals surface area contributed by atoms with Crippen LogP contribution < -0.4 is 0 Å². The Morgan fingerprint density at radius 2 is 1.31 bits per heavy atom. The van der Waals surface area contributed by atoms with Crippen molar-refractivity contribution in [2.45, 2.75) is 6.43 Å². The van der Waals surface area contributed by atoms with Crippen LogP contribution in [0.5, 0.6) is 0 Å². The zero-order valence-electron chi connectivity index (χ0n) is 7.20. The van der Waals surface area contributed by atoms with Gasteiger partial charge in [0.15, 0.2) is 23.3 Å². The van der Waals surface area contributed by atoms with E-state index < -0.39 is 46.8 Å². The summed E-state index contributed by atoms with van der Waals surface area (Å²) in [6, 6.07) is 0. The third-order valence-electron chi connectivity index (χ3n) is 1.73. The Balaban J connectivity index is 3.70. The Hall–Kier alpha value is -1.73. The molecule has 1 N–H and O–H groups in total. The maximum Gasteiger partial charge on any atom is 0.341 e. The van der Waals surface area contributed by atoms with Gasteiger partial charge in [0.25, 0.3) is 6.43 Å². The highest BCUT2D eigenvalue weighted by Gasteiger charge is 2.32. The van der Waals surface area contributed by atoms with Crippen LogP contribution in [0.1, 0.15) is 22.3 Å². The van der Waals surface area contributed by atoms with Crippen molar-refractivity contribution in [2.24, 2.45) is 0 Å². The van der Waals surface area contributed by atoms with Gasteiger partial charge in [0.1, 0.15) is 5.56 Å². The molecule has 0 saturated carbocycles. The molecule has 1 aromatic carbocycles. The van der Waals surface area contributed by atoms with E-state index in [0.717, 1.165) is 0 Å². The van der Waals surface area contributed by atoms with Crippen LogP contribution in [0.4, 0.5) is 26.3 Å². The number of aromatic carboxylic acids is 1. The molecule has 1 rings (SSSR count). The topological polar surface area (TPSA) is 37.3 Å². The summed E-state index contributed by atoms with van der Waals surface area (Å²) in [5, 5.41) is 8.22. The first kappa shape index (κ1) is 12.3. The molecule has 0 unspecified atom stereocenters. The van der Waals surface area contributed by atoms with Crippen LogP contribution in [0.3, 0.4) is 0 Å². The molecule has 0 aliphatic carbocycles. The number of hydrogen-bond donors (Lipinski definition) is 1. The zero-order chi connectivity index (χ0) is 12.6. The van der Waals surface area contributed by atoms with Gasteiger partial charge in [-0.1, -0.05) is 0 Å². The molecule has 88 valence electrons. The van der Waals surface area contributed by atoms with Crippen molar-refractivity contribution in [1.29, 1.82) is 0 Å². The lowest BCUT2D eigenvalue weighted by Crippen LogP contribution is -2.13. The Kier molecular flexibility index (Phi) is 3.11. The molecule has 0 aliphatic rings. The summed E-state index contributed by atoms with van der Waals surface area (Å²) >= 11 is 0. The minimum atomic E-state index is -3.80. The van der Waals surface area contributed by atoms with Crippen molar-refractivity contribution >= 4 is 5.97 Å². The van der Waals surface area contributed by atoms with Crippen molar-refractivity contribution in [3.63, 3.8) is 0 Å². The van der Waals surface area contributed by atoms with Crippen LogP contribution in [0.15, 0.2) is 0 Å². The highest BCUT2D eigenvalue weighted by atomic mass is 19.3. The second-order valence-electron chi connectivity index (χ2n) is 2.65. The van der Waals surface area contributed by atoms with Gasteiger partial charge in [-0.05, 0) is 0 Å². The van der Waals surface area contributed by atoms with E-state index in [1.807, 2.05) is 0 Å². The van der Waals surface area contributed by atoms with Crippen LogP contribution in [0, 0.1) is 23.3 Å². The fourth-order valence-corrected chi connectivity index (χ4v) is 1.03. The van der Waals surface area contributed by atoms with E-state index in [1.165, 1.54) is 0 Å². The molecule has 0 atom stereocenters. The monoisotopic (exact) mass is 244 g/mol. The number of alkyl halides is 2. The van der Waals surface area contributed by atoms with E-state index in [0.29, 0.717) is 0 Å². The molecule has 0 radical (unpaired) electrons. The van der Waals surface area contributed by atoms with Gasteiger partial charge in [-0.25, -0.2) is 31.1 Å². The van der Waals surface area contributed by atoms with Gasteiger partial charge < -0.3 is 5.11 Å². The number of rotatable bonds is 2. The molecule has 0 fully saturated rings. The first-order chi connectivity index (χ1) is 7.29. The first-order valence-electron chi connectivity index (χ1n) is 3.66. The quantitative estimate of drug-likeness (QED) is 0.641. The number of benzene rings is 1. The summed E-state index contributed by atoms with van der Waals surface area (Å²) in [4.78, 5) is 10.2. The van der Waals surface area contributed by atoms with Crippen molar-refractivity contribution in [1.82, 2.24) is 0 Å². The predicted octanol–water partition coefficient (Wildman–Crippen LogP) is 2.88. The third kappa shape index (κ3) is 1.70. The van der Waals surface area contributed by atoms with Gasteiger partial charge in [0.2, 0.25) is 0 Å². The molecule has 8 heteroatoms. The lowest BCUT2D eigenvalue weighted by Gasteiger charge is -2.08. The van der Waals surface area contributed by atoms with Crippen LogP contribution in [0.2, 0.25) is 0 Å². The minimum Gasteiger partial charge on any atom is -0.477 e. The number of carbonyl (C=O) groups is 1. The molecular weight excluding hydrogens is 242 g/mol. The van der Waals surface area contributed by atoms with Crippen molar-refractivity contribution in [3.8, 4) is 0 Å². The second kappa shape index (κ2) is 4.03. The summed E-state index contributed by atoms with van der Waals surface area (Å²) in [6.45, 7) is 0. The summed E-state index contributed by atoms with van der Waals surface area (Å²) < 4.78 is 75.3. The molecule has 0 aromatic heterocycles. The Morgan fingerprint density at radius 3 is 1.56 bits per heavy atom. The van der Waals surface area contributed by atoms with Crippen LogP contribution in [-0.2, 0) is 0 Å². The van der Waals surface area contributed by atoms with E-state index in [1.54, 1.807) is 0 Å². The number of carboxylic acid groups (broad SMARTS) is 1. The molecule has 16 heavy (non-hydrogen) atoms. The van der Waals surface area contributed by atoms with Crippen molar-refractivity contribution < 1.29 is 36.2 Å². The minimum absolute atomic E-state index is 1.95. The third-order valence-corrected chi connectivity index (χ3v) is 1.73. The molecule has 0 bridgehead atoms. The van der Waals surface area contributed by atoms with Gasteiger partial charge in [-0.3, -0.25) is 0 Å². The number of halogens is 6. The van der Waals surface area contributed by atoms with Gasteiger partial charge in [-0.15, -0.1) is 0 Å². The number of carboxylic acids is 1. The van der Waals surface area contributed by atoms with Crippen molar-refractivity contribution in [2.75, 3.05) is 0 Å². The lowest BCUT2D eigenvalue weighted by molar-refractivity contribution is 0.0680. The fraction of sp³-hybridized carbons (Fsp3) is 0.125. The maximum absolute atomic E-state index is 12.8. The second-order valence-corrected chi connectivity index (χ2v) is 2.65. The van der Waals surface area contributed by atoms with Gasteiger partial charge >= 0.3 is 5.97 Å². The Bertz CT molecular complexity index is 427. The molecule has 0 aliphatic heterocycles. The highest BCUT2D eigenvalue weighted by molar-refractivity contribution is 5.88. The van der Waals surface area contributed by atoms with E-state index in [-0.39, 0.29) is 0 Å².